The van der Waals surface area contributed by atoms with Gasteiger partial charge in [-0.25, -0.2) is 0 Å². The second-order valence-corrected chi connectivity index (χ2v) is 5.48. The molecule has 1 aromatic carbocycles. The van der Waals surface area contributed by atoms with Gasteiger partial charge in [-0.1, -0.05) is 12.1 Å². The maximum Gasteiger partial charge on any atom is 0.241 e. The number of nitrogens with one attached hydrogen (secondary N) is 1. The molecule has 1 N–H and O–H groups in total. The zero-order valence-electron chi connectivity index (χ0n) is 12.9. The van der Waals surface area contributed by atoms with Crippen molar-refractivity contribution >= 4 is 11.6 Å². The number of benzene rings is 1. The minimum Gasteiger partial charge on any atom is -0.362 e. The van der Waals surface area contributed by atoms with E-state index in [0.717, 1.165) is 19.5 Å². The monoisotopic (exact) mass is 275 g/mol. The Morgan fingerprint density at radius 1 is 1.50 bits per heavy atom. The highest BCUT2D eigenvalue weighted by molar-refractivity contribution is 5.82. The normalized spacial score (nSPS) is 15.1. The minimum atomic E-state index is 0.188. The summed E-state index contributed by atoms with van der Waals surface area (Å²) in [6.07, 6.45) is 1.03. The molecule has 0 bridgehead atoms. The van der Waals surface area contributed by atoms with Gasteiger partial charge in [-0.15, -0.1) is 0 Å². The third-order valence-corrected chi connectivity index (χ3v) is 4.25. The highest BCUT2D eigenvalue weighted by Gasteiger charge is 2.22. The van der Waals surface area contributed by atoms with Crippen molar-refractivity contribution in [3.05, 3.63) is 29.3 Å². The molecule has 0 saturated heterocycles. The van der Waals surface area contributed by atoms with Crippen LogP contribution in [0.15, 0.2) is 18.2 Å². The van der Waals surface area contributed by atoms with E-state index in [1.807, 2.05) is 21.0 Å². The summed E-state index contributed by atoms with van der Waals surface area (Å²) in [5.74, 6) is 0.188. The van der Waals surface area contributed by atoms with E-state index in [9.17, 15) is 4.79 Å². The first-order valence-electron chi connectivity index (χ1n) is 7.35. The van der Waals surface area contributed by atoms with Crippen molar-refractivity contribution < 1.29 is 4.79 Å². The summed E-state index contributed by atoms with van der Waals surface area (Å²) in [5, 5.41) is 3.26. The minimum absolute atomic E-state index is 0.188. The number of carbonyl (C=O) groups is 1. The predicted molar refractivity (Wildman–Crippen MR) is 83.1 cm³/mol. The third-order valence-electron chi connectivity index (χ3n) is 4.25. The predicted octanol–water partition coefficient (Wildman–Crippen LogP) is 1.81. The first-order chi connectivity index (χ1) is 9.56. The lowest BCUT2D eigenvalue weighted by Gasteiger charge is -2.23. The molecule has 1 aliphatic rings. The van der Waals surface area contributed by atoms with Gasteiger partial charge in [0.25, 0.3) is 0 Å². The van der Waals surface area contributed by atoms with Crippen molar-refractivity contribution in [2.45, 2.75) is 26.3 Å². The van der Waals surface area contributed by atoms with Gasteiger partial charge in [-0.2, -0.15) is 0 Å². The Labute approximate surface area is 121 Å². The molecule has 110 valence electrons. The van der Waals surface area contributed by atoms with Crippen molar-refractivity contribution in [3.8, 4) is 0 Å². The molecule has 0 aromatic heterocycles. The lowest BCUT2D eigenvalue weighted by atomic mass is 10.0. The van der Waals surface area contributed by atoms with Gasteiger partial charge in [0.05, 0.1) is 6.54 Å². The maximum absolute atomic E-state index is 12.0. The molecule has 1 heterocycles. The fourth-order valence-corrected chi connectivity index (χ4v) is 2.55. The molecular weight excluding hydrogens is 250 g/mol. The molecule has 4 nitrogen and oxygen atoms in total. The standard InChI is InChI=1S/C16H25N3O/c1-5-18(4)16(20)11-19-9-8-14-10-13(12(2)17-3)6-7-15(14)19/h6-7,10,12,17H,5,8-9,11H2,1-4H3. The van der Waals surface area contributed by atoms with Crippen LogP contribution >= 0.6 is 0 Å². The Morgan fingerprint density at radius 2 is 2.25 bits per heavy atom. The van der Waals surface area contributed by atoms with Crippen LogP contribution in [0.2, 0.25) is 0 Å². The van der Waals surface area contributed by atoms with Crippen LogP contribution in [0.1, 0.15) is 31.0 Å². The van der Waals surface area contributed by atoms with E-state index in [0.29, 0.717) is 12.6 Å². The summed E-state index contributed by atoms with van der Waals surface area (Å²) in [4.78, 5) is 16.0. The smallest absolute Gasteiger partial charge is 0.241 e. The molecule has 0 spiro atoms. The summed E-state index contributed by atoms with van der Waals surface area (Å²) in [7, 11) is 3.83. The van der Waals surface area contributed by atoms with Gasteiger partial charge < -0.3 is 15.1 Å². The summed E-state index contributed by atoms with van der Waals surface area (Å²) in [6, 6.07) is 6.95. The van der Waals surface area contributed by atoms with Crippen molar-refractivity contribution in [2.75, 3.05) is 38.6 Å². The van der Waals surface area contributed by atoms with Crippen LogP contribution in [-0.4, -0.2) is 44.5 Å². The number of anilines is 1. The number of fused-ring (bicyclic) bond motifs is 1. The molecule has 1 aliphatic heterocycles. The fraction of sp³-hybridized carbons (Fsp3) is 0.562. The second kappa shape index (κ2) is 6.27. The Bertz CT molecular complexity index is 487. The van der Waals surface area contributed by atoms with E-state index in [1.54, 1.807) is 4.90 Å². The van der Waals surface area contributed by atoms with Gasteiger partial charge in [-0.05, 0) is 44.5 Å². The topological polar surface area (TPSA) is 35.6 Å². The summed E-state index contributed by atoms with van der Waals surface area (Å²) in [6.45, 7) is 6.35. The van der Waals surface area contributed by atoms with Gasteiger partial charge >= 0.3 is 0 Å². The summed E-state index contributed by atoms with van der Waals surface area (Å²) in [5.41, 5.74) is 3.89. The lowest BCUT2D eigenvalue weighted by Crippen LogP contribution is -2.37. The van der Waals surface area contributed by atoms with Gasteiger partial charge in [0.1, 0.15) is 0 Å². The molecule has 1 atom stereocenters. The molecular formula is C16H25N3O. The molecule has 1 aromatic rings. The van der Waals surface area contributed by atoms with Crippen LogP contribution < -0.4 is 10.2 Å². The Morgan fingerprint density at radius 3 is 2.90 bits per heavy atom. The second-order valence-electron chi connectivity index (χ2n) is 5.48. The van der Waals surface area contributed by atoms with Gasteiger partial charge in [0.15, 0.2) is 0 Å². The third kappa shape index (κ3) is 2.96. The van der Waals surface area contributed by atoms with E-state index in [2.05, 4.69) is 35.3 Å². The molecule has 2 rings (SSSR count). The first-order valence-corrected chi connectivity index (χ1v) is 7.35. The number of hydrogen-bond donors (Lipinski definition) is 1. The van der Waals surface area contributed by atoms with Gasteiger partial charge in [0.2, 0.25) is 5.91 Å². The fourth-order valence-electron chi connectivity index (χ4n) is 2.55. The maximum atomic E-state index is 12.0. The molecule has 4 heteroatoms. The molecule has 0 radical (unpaired) electrons. The highest BCUT2D eigenvalue weighted by atomic mass is 16.2. The molecule has 0 fully saturated rings. The Balaban J connectivity index is 2.11. The van der Waals surface area contributed by atoms with Crippen molar-refractivity contribution in [2.24, 2.45) is 0 Å². The van der Waals surface area contributed by atoms with E-state index in [4.69, 9.17) is 0 Å². The van der Waals surface area contributed by atoms with Crippen molar-refractivity contribution in [1.29, 1.82) is 0 Å². The quantitative estimate of drug-likeness (QED) is 0.890. The summed E-state index contributed by atoms with van der Waals surface area (Å²) < 4.78 is 0. The zero-order valence-corrected chi connectivity index (χ0v) is 12.9. The number of amides is 1. The van der Waals surface area contributed by atoms with E-state index >= 15 is 0 Å². The molecule has 0 aliphatic carbocycles. The van der Waals surface area contributed by atoms with E-state index < -0.39 is 0 Å². The number of likely N-dealkylation sites (N-methyl/N-ethyl adjacent to an activating group) is 1. The molecule has 0 saturated carbocycles. The van der Waals surface area contributed by atoms with Crippen LogP contribution in [0.5, 0.6) is 0 Å². The highest BCUT2D eigenvalue weighted by Crippen LogP contribution is 2.30. The van der Waals surface area contributed by atoms with Crippen molar-refractivity contribution in [3.63, 3.8) is 0 Å². The first kappa shape index (κ1) is 14.9. The van der Waals surface area contributed by atoms with Crippen LogP contribution in [0.25, 0.3) is 0 Å². The lowest BCUT2D eigenvalue weighted by molar-refractivity contribution is -0.128. The molecule has 20 heavy (non-hydrogen) atoms. The Kier molecular flexibility index (Phi) is 4.65. The molecule has 1 amide bonds. The van der Waals surface area contributed by atoms with Gasteiger partial charge in [0, 0.05) is 31.9 Å². The number of rotatable bonds is 5. The largest absolute Gasteiger partial charge is 0.362 e. The average Bonchev–Trinajstić information content (AvgIpc) is 2.87. The summed E-state index contributed by atoms with van der Waals surface area (Å²) >= 11 is 0. The van der Waals surface area contributed by atoms with Crippen molar-refractivity contribution in [1.82, 2.24) is 10.2 Å². The Hall–Kier alpha value is -1.55. The number of carbonyl (C=O) groups excluding carboxylic acids is 1. The average molecular weight is 275 g/mol. The molecule has 1 unspecified atom stereocenters. The van der Waals surface area contributed by atoms with E-state index in [1.165, 1.54) is 16.8 Å². The SMILES string of the molecule is CCN(C)C(=O)CN1CCc2cc(C(C)NC)ccc21. The van der Waals surface area contributed by atoms with E-state index in [-0.39, 0.29) is 5.91 Å². The van der Waals surface area contributed by atoms with Crippen LogP contribution in [0, 0.1) is 0 Å². The van der Waals surface area contributed by atoms with Crippen LogP contribution in [0.3, 0.4) is 0 Å². The number of hydrogen-bond acceptors (Lipinski definition) is 3. The van der Waals surface area contributed by atoms with Gasteiger partial charge in [-0.3, -0.25) is 4.79 Å². The van der Waals surface area contributed by atoms with Crippen LogP contribution in [0.4, 0.5) is 5.69 Å². The van der Waals surface area contributed by atoms with Crippen LogP contribution in [-0.2, 0) is 11.2 Å². The zero-order chi connectivity index (χ0) is 14.7. The number of nitrogens with zero attached hydrogens (tertiary/aromatic N) is 2.